The van der Waals surface area contributed by atoms with Crippen molar-refractivity contribution in [3.63, 3.8) is 0 Å². The zero-order valence-corrected chi connectivity index (χ0v) is 6.89. The maximum atomic E-state index is 4.83. The Morgan fingerprint density at radius 3 is 3.00 bits per heavy atom. The molecule has 0 amide bonds. The molecule has 0 unspecified atom stereocenters. The maximum Gasteiger partial charge on any atom is 0.132 e. The first-order chi connectivity index (χ1) is 5.38. The SMILES string of the molecule is Cc1nocc1-c1cccs1. The summed E-state index contributed by atoms with van der Waals surface area (Å²) in [4.78, 5) is 1.21. The summed E-state index contributed by atoms with van der Waals surface area (Å²) in [6.45, 7) is 1.94. The second-order valence-corrected chi connectivity index (χ2v) is 3.24. The molecule has 2 rings (SSSR count). The average molecular weight is 165 g/mol. The molecule has 2 heterocycles. The lowest BCUT2D eigenvalue weighted by atomic mass is 10.2. The van der Waals surface area contributed by atoms with Crippen LogP contribution in [0.15, 0.2) is 28.3 Å². The smallest absolute Gasteiger partial charge is 0.132 e. The van der Waals surface area contributed by atoms with Crippen LogP contribution < -0.4 is 0 Å². The van der Waals surface area contributed by atoms with Gasteiger partial charge in [-0.05, 0) is 18.4 Å². The molecule has 0 aliphatic rings. The molecule has 2 aromatic heterocycles. The highest BCUT2D eigenvalue weighted by Gasteiger charge is 2.05. The second-order valence-electron chi connectivity index (χ2n) is 2.29. The van der Waals surface area contributed by atoms with Crippen molar-refractivity contribution in [2.75, 3.05) is 0 Å². The van der Waals surface area contributed by atoms with Crippen LogP contribution in [-0.2, 0) is 0 Å². The van der Waals surface area contributed by atoms with Crippen molar-refractivity contribution in [3.05, 3.63) is 29.5 Å². The van der Waals surface area contributed by atoms with Crippen molar-refractivity contribution < 1.29 is 4.52 Å². The van der Waals surface area contributed by atoms with Gasteiger partial charge in [0.05, 0.1) is 11.3 Å². The molecule has 2 nitrogen and oxygen atoms in total. The second kappa shape index (κ2) is 2.51. The lowest BCUT2D eigenvalue weighted by Crippen LogP contribution is -1.71. The van der Waals surface area contributed by atoms with E-state index in [1.54, 1.807) is 17.6 Å². The Morgan fingerprint density at radius 1 is 1.55 bits per heavy atom. The van der Waals surface area contributed by atoms with E-state index in [1.807, 2.05) is 18.4 Å². The third-order valence-electron chi connectivity index (χ3n) is 1.54. The van der Waals surface area contributed by atoms with Crippen LogP contribution in [-0.4, -0.2) is 5.16 Å². The summed E-state index contributed by atoms with van der Waals surface area (Å²) in [6.07, 6.45) is 1.68. The molecule has 0 bridgehead atoms. The van der Waals surface area contributed by atoms with Crippen molar-refractivity contribution in [1.29, 1.82) is 0 Å². The molecule has 56 valence electrons. The number of thiophene rings is 1. The van der Waals surface area contributed by atoms with Crippen molar-refractivity contribution in [2.24, 2.45) is 0 Å². The topological polar surface area (TPSA) is 26.0 Å². The Balaban J connectivity index is 2.53. The Bertz CT molecular complexity index is 337. The number of hydrogen-bond acceptors (Lipinski definition) is 3. The first kappa shape index (κ1) is 6.61. The average Bonchev–Trinajstić information content (AvgIpc) is 2.55. The maximum absolute atomic E-state index is 4.83. The normalized spacial score (nSPS) is 10.3. The molecule has 0 aliphatic heterocycles. The fraction of sp³-hybridized carbons (Fsp3) is 0.125. The molecule has 2 aromatic rings. The van der Waals surface area contributed by atoms with E-state index >= 15 is 0 Å². The highest BCUT2D eigenvalue weighted by atomic mass is 32.1. The predicted octanol–water partition coefficient (Wildman–Crippen LogP) is 2.71. The van der Waals surface area contributed by atoms with E-state index in [1.165, 1.54) is 4.88 Å². The Labute approximate surface area is 68.5 Å². The lowest BCUT2D eigenvalue weighted by molar-refractivity contribution is 0.415. The first-order valence-corrected chi connectivity index (χ1v) is 4.21. The molecule has 0 N–H and O–H groups in total. The zero-order valence-electron chi connectivity index (χ0n) is 6.07. The summed E-state index contributed by atoms with van der Waals surface area (Å²) in [5, 5.41) is 5.85. The predicted molar refractivity (Wildman–Crippen MR) is 44.6 cm³/mol. The van der Waals surface area contributed by atoms with Gasteiger partial charge in [0.15, 0.2) is 0 Å². The summed E-state index contributed by atoms with van der Waals surface area (Å²) in [5.41, 5.74) is 2.05. The number of aryl methyl sites for hydroxylation is 1. The minimum Gasteiger partial charge on any atom is -0.364 e. The molecule has 3 heteroatoms. The molecular formula is C8H7NOS. The molecule has 0 radical (unpaired) electrons. The molecule has 0 fully saturated rings. The Kier molecular flexibility index (Phi) is 1.51. The molecular weight excluding hydrogens is 158 g/mol. The van der Waals surface area contributed by atoms with E-state index in [-0.39, 0.29) is 0 Å². The van der Waals surface area contributed by atoms with Gasteiger partial charge in [-0.3, -0.25) is 0 Å². The standard InChI is InChI=1S/C8H7NOS/c1-6-7(5-10-9-6)8-3-2-4-11-8/h2-5H,1H3. The van der Waals surface area contributed by atoms with Crippen LogP contribution in [0.2, 0.25) is 0 Å². The highest BCUT2D eigenvalue weighted by molar-refractivity contribution is 7.13. The molecule has 0 spiro atoms. The summed E-state index contributed by atoms with van der Waals surface area (Å²) >= 11 is 1.69. The highest BCUT2D eigenvalue weighted by Crippen LogP contribution is 2.26. The van der Waals surface area contributed by atoms with E-state index in [9.17, 15) is 0 Å². The number of nitrogens with zero attached hydrogens (tertiary/aromatic N) is 1. The molecule has 0 saturated carbocycles. The van der Waals surface area contributed by atoms with Gasteiger partial charge in [0.2, 0.25) is 0 Å². The van der Waals surface area contributed by atoms with Crippen molar-refractivity contribution in [2.45, 2.75) is 6.92 Å². The summed E-state index contributed by atoms with van der Waals surface area (Å²) < 4.78 is 4.83. The number of aromatic nitrogens is 1. The molecule has 11 heavy (non-hydrogen) atoms. The fourth-order valence-corrected chi connectivity index (χ4v) is 1.74. The quantitative estimate of drug-likeness (QED) is 0.649. The summed E-state index contributed by atoms with van der Waals surface area (Å²) in [5.74, 6) is 0. The van der Waals surface area contributed by atoms with Gasteiger partial charge in [-0.15, -0.1) is 11.3 Å². The van der Waals surface area contributed by atoms with E-state index < -0.39 is 0 Å². The molecule has 0 atom stereocenters. The summed E-state index contributed by atoms with van der Waals surface area (Å²) in [7, 11) is 0. The van der Waals surface area contributed by atoms with Crippen molar-refractivity contribution in [3.8, 4) is 10.4 Å². The lowest BCUT2D eigenvalue weighted by Gasteiger charge is -1.87. The van der Waals surface area contributed by atoms with Gasteiger partial charge < -0.3 is 4.52 Å². The van der Waals surface area contributed by atoms with Crippen molar-refractivity contribution >= 4 is 11.3 Å². The third-order valence-corrected chi connectivity index (χ3v) is 2.44. The van der Waals surface area contributed by atoms with Crippen LogP contribution >= 0.6 is 11.3 Å². The van der Waals surface area contributed by atoms with Crippen molar-refractivity contribution in [1.82, 2.24) is 5.16 Å². The van der Waals surface area contributed by atoms with Crippen LogP contribution in [0.5, 0.6) is 0 Å². The molecule has 0 aliphatic carbocycles. The Morgan fingerprint density at radius 2 is 2.45 bits per heavy atom. The number of hydrogen-bond donors (Lipinski definition) is 0. The zero-order chi connectivity index (χ0) is 7.68. The van der Waals surface area contributed by atoms with Crippen LogP contribution in [0.25, 0.3) is 10.4 Å². The van der Waals surface area contributed by atoms with Gasteiger partial charge >= 0.3 is 0 Å². The number of rotatable bonds is 1. The van der Waals surface area contributed by atoms with E-state index in [4.69, 9.17) is 4.52 Å². The van der Waals surface area contributed by atoms with E-state index in [0.29, 0.717) is 0 Å². The van der Waals surface area contributed by atoms with E-state index in [0.717, 1.165) is 11.3 Å². The van der Waals surface area contributed by atoms with Gasteiger partial charge in [-0.1, -0.05) is 11.2 Å². The third kappa shape index (κ3) is 1.07. The summed E-state index contributed by atoms with van der Waals surface area (Å²) in [6, 6.07) is 4.08. The van der Waals surface area contributed by atoms with Gasteiger partial charge in [-0.25, -0.2) is 0 Å². The van der Waals surface area contributed by atoms with Gasteiger partial charge in [0.25, 0.3) is 0 Å². The van der Waals surface area contributed by atoms with Crippen LogP contribution in [0.4, 0.5) is 0 Å². The van der Waals surface area contributed by atoms with Gasteiger partial charge in [0, 0.05) is 4.88 Å². The van der Waals surface area contributed by atoms with Gasteiger partial charge in [0.1, 0.15) is 6.26 Å². The van der Waals surface area contributed by atoms with E-state index in [2.05, 4.69) is 11.2 Å². The fourth-order valence-electron chi connectivity index (χ4n) is 0.961. The monoisotopic (exact) mass is 165 g/mol. The minimum absolute atomic E-state index is 0.951. The van der Waals surface area contributed by atoms with Crippen LogP contribution in [0.3, 0.4) is 0 Å². The van der Waals surface area contributed by atoms with Crippen LogP contribution in [0.1, 0.15) is 5.69 Å². The first-order valence-electron chi connectivity index (χ1n) is 3.33. The molecule has 0 saturated heterocycles. The molecule has 0 aromatic carbocycles. The van der Waals surface area contributed by atoms with Crippen LogP contribution in [0, 0.1) is 6.92 Å². The van der Waals surface area contributed by atoms with Gasteiger partial charge in [-0.2, -0.15) is 0 Å². The largest absolute Gasteiger partial charge is 0.364 e. The minimum atomic E-state index is 0.951. The Hall–Kier alpha value is -1.09.